The average molecular weight is 314 g/mol. The first kappa shape index (κ1) is 12.2. The topological polar surface area (TPSA) is 26.0 Å². The standard InChI is InChI=1S/C12H12BrNS2/c13-12-5-4-11(16-12)8-15-10-3-1-2-9(6-10)7-14/h1-6H,7-8,14H2. The van der Waals surface area contributed by atoms with Crippen LogP contribution < -0.4 is 5.73 Å². The van der Waals surface area contributed by atoms with Crippen molar-refractivity contribution in [1.29, 1.82) is 0 Å². The molecule has 0 atom stereocenters. The van der Waals surface area contributed by atoms with Crippen LogP contribution in [0.5, 0.6) is 0 Å². The maximum atomic E-state index is 5.62. The van der Waals surface area contributed by atoms with E-state index in [-0.39, 0.29) is 0 Å². The molecule has 0 bridgehead atoms. The van der Waals surface area contributed by atoms with Gasteiger partial charge in [-0.3, -0.25) is 0 Å². The second-order valence-corrected chi connectivity index (χ2v) is 6.94. The highest BCUT2D eigenvalue weighted by Gasteiger charge is 2.00. The van der Waals surface area contributed by atoms with E-state index in [9.17, 15) is 0 Å². The number of benzene rings is 1. The van der Waals surface area contributed by atoms with Gasteiger partial charge in [-0.25, -0.2) is 0 Å². The predicted octanol–water partition coefficient (Wildman–Crippen LogP) is 4.26. The van der Waals surface area contributed by atoms with Crippen molar-refractivity contribution >= 4 is 39.0 Å². The van der Waals surface area contributed by atoms with Crippen molar-refractivity contribution in [2.75, 3.05) is 0 Å². The minimum absolute atomic E-state index is 0.610. The fourth-order valence-electron chi connectivity index (χ4n) is 1.35. The van der Waals surface area contributed by atoms with Gasteiger partial charge in [-0.2, -0.15) is 0 Å². The van der Waals surface area contributed by atoms with E-state index in [0.717, 1.165) is 5.75 Å². The van der Waals surface area contributed by atoms with Crippen LogP contribution in [0.2, 0.25) is 0 Å². The molecule has 0 unspecified atom stereocenters. The lowest BCUT2D eigenvalue weighted by atomic mass is 10.2. The van der Waals surface area contributed by atoms with Crippen molar-refractivity contribution in [1.82, 2.24) is 0 Å². The number of hydrogen-bond acceptors (Lipinski definition) is 3. The second-order valence-electron chi connectivity index (χ2n) is 3.35. The molecule has 2 aromatic rings. The van der Waals surface area contributed by atoms with Gasteiger partial charge in [-0.15, -0.1) is 23.1 Å². The lowest BCUT2D eigenvalue weighted by molar-refractivity contribution is 1.06. The van der Waals surface area contributed by atoms with E-state index in [1.54, 1.807) is 11.3 Å². The Kier molecular flexibility index (Phi) is 4.46. The number of halogens is 1. The summed E-state index contributed by atoms with van der Waals surface area (Å²) in [5.41, 5.74) is 6.81. The van der Waals surface area contributed by atoms with Gasteiger partial charge in [0.25, 0.3) is 0 Å². The summed E-state index contributed by atoms with van der Waals surface area (Å²) in [7, 11) is 0. The van der Waals surface area contributed by atoms with Crippen LogP contribution in [-0.2, 0) is 12.3 Å². The summed E-state index contributed by atoms with van der Waals surface area (Å²) in [5, 5.41) is 0. The van der Waals surface area contributed by atoms with E-state index < -0.39 is 0 Å². The van der Waals surface area contributed by atoms with Gasteiger partial charge in [-0.05, 0) is 45.8 Å². The van der Waals surface area contributed by atoms with Crippen LogP contribution in [0.3, 0.4) is 0 Å². The monoisotopic (exact) mass is 313 g/mol. The van der Waals surface area contributed by atoms with Gasteiger partial charge in [0.2, 0.25) is 0 Å². The average Bonchev–Trinajstić information content (AvgIpc) is 2.73. The molecular formula is C12H12BrNS2. The van der Waals surface area contributed by atoms with E-state index >= 15 is 0 Å². The minimum atomic E-state index is 0.610. The predicted molar refractivity (Wildman–Crippen MR) is 75.9 cm³/mol. The fourth-order valence-corrected chi connectivity index (χ4v) is 3.85. The van der Waals surface area contributed by atoms with Gasteiger partial charge in [0.05, 0.1) is 3.79 Å². The highest BCUT2D eigenvalue weighted by Crippen LogP contribution is 2.29. The molecule has 0 amide bonds. The third-order valence-electron chi connectivity index (χ3n) is 2.14. The van der Waals surface area contributed by atoms with Crippen LogP contribution in [0, 0.1) is 0 Å². The molecule has 1 nitrogen and oxygen atoms in total. The van der Waals surface area contributed by atoms with Crippen LogP contribution in [0.4, 0.5) is 0 Å². The maximum Gasteiger partial charge on any atom is 0.0701 e. The van der Waals surface area contributed by atoms with Crippen molar-refractivity contribution in [3.8, 4) is 0 Å². The van der Waals surface area contributed by atoms with Gasteiger partial charge in [0.1, 0.15) is 0 Å². The molecule has 84 valence electrons. The van der Waals surface area contributed by atoms with Crippen molar-refractivity contribution in [3.63, 3.8) is 0 Å². The summed E-state index contributed by atoms with van der Waals surface area (Å²) in [5.74, 6) is 1.02. The molecule has 4 heteroatoms. The summed E-state index contributed by atoms with van der Waals surface area (Å²) < 4.78 is 1.19. The lowest BCUT2D eigenvalue weighted by Gasteiger charge is -2.02. The maximum absolute atomic E-state index is 5.62. The third-order valence-corrected chi connectivity index (χ3v) is 4.99. The number of nitrogens with two attached hydrogens (primary N) is 1. The van der Waals surface area contributed by atoms with Crippen molar-refractivity contribution in [2.45, 2.75) is 17.2 Å². The molecule has 0 aliphatic carbocycles. The van der Waals surface area contributed by atoms with Crippen LogP contribution in [-0.4, -0.2) is 0 Å². The SMILES string of the molecule is NCc1cccc(SCc2ccc(Br)s2)c1. The zero-order valence-corrected chi connectivity index (χ0v) is 11.9. The molecule has 0 radical (unpaired) electrons. The Morgan fingerprint density at radius 1 is 1.25 bits per heavy atom. The van der Waals surface area contributed by atoms with Crippen molar-refractivity contribution in [2.24, 2.45) is 5.73 Å². The summed E-state index contributed by atoms with van der Waals surface area (Å²) in [4.78, 5) is 2.67. The van der Waals surface area contributed by atoms with Crippen molar-refractivity contribution in [3.05, 3.63) is 50.6 Å². The summed E-state index contributed by atoms with van der Waals surface area (Å²) >= 11 is 7.11. The van der Waals surface area contributed by atoms with Gasteiger partial charge in [-0.1, -0.05) is 12.1 Å². The third kappa shape index (κ3) is 3.35. The lowest BCUT2D eigenvalue weighted by Crippen LogP contribution is -1.95. The van der Waals surface area contributed by atoms with E-state index in [1.165, 1.54) is 19.1 Å². The number of thioether (sulfide) groups is 1. The van der Waals surface area contributed by atoms with E-state index in [2.05, 4.69) is 52.3 Å². The van der Waals surface area contributed by atoms with Gasteiger partial charge in [0, 0.05) is 22.1 Å². The van der Waals surface area contributed by atoms with Crippen LogP contribution >= 0.6 is 39.0 Å². The zero-order valence-electron chi connectivity index (χ0n) is 8.65. The Hall–Kier alpha value is -0.290. The Morgan fingerprint density at radius 2 is 2.12 bits per heavy atom. The summed E-state index contributed by atoms with van der Waals surface area (Å²) in [6, 6.07) is 12.7. The van der Waals surface area contributed by atoms with Crippen LogP contribution in [0.1, 0.15) is 10.4 Å². The molecule has 0 aliphatic rings. The number of hydrogen-bond donors (Lipinski definition) is 1. The normalized spacial score (nSPS) is 10.6. The molecule has 1 aromatic heterocycles. The molecule has 1 heterocycles. The van der Waals surface area contributed by atoms with Gasteiger partial charge >= 0.3 is 0 Å². The quantitative estimate of drug-likeness (QED) is 0.853. The molecule has 2 N–H and O–H groups in total. The Morgan fingerprint density at radius 3 is 2.81 bits per heavy atom. The van der Waals surface area contributed by atoms with Crippen molar-refractivity contribution < 1.29 is 0 Å². The molecule has 0 fully saturated rings. The highest BCUT2D eigenvalue weighted by molar-refractivity contribution is 9.11. The Labute approximate surface area is 112 Å². The summed E-state index contributed by atoms with van der Waals surface area (Å²) in [6.07, 6.45) is 0. The molecule has 0 saturated carbocycles. The zero-order chi connectivity index (χ0) is 11.4. The molecule has 0 aliphatic heterocycles. The first-order valence-corrected chi connectivity index (χ1v) is 7.53. The van der Waals surface area contributed by atoms with Gasteiger partial charge < -0.3 is 5.73 Å². The van der Waals surface area contributed by atoms with Crippen LogP contribution in [0.15, 0.2) is 45.1 Å². The number of thiophene rings is 1. The first-order valence-electron chi connectivity index (χ1n) is 4.94. The highest BCUT2D eigenvalue weighted by atomic mass is 79.9. The molecule has 0 saturated heterocycles. The molecular weight excluding hydrogens is 302 g/mol. The van der Waals surface area contributed by atoms with Gasteiger partial charge in [0.15, 0.2) is 0 Å². The summed E-state index contributed by atoms with van der Waals surface area (Å²) in [6.45, 7) is 0.610. The van der Waals surface area contributed by atoms with E-state index in [0.29, 0.717) is 6.54 Å². The van der Waals surface area contributed by atoms with E-state index in [1.807, 2.05) is 11.8 Å². The number of rotatable bonds is 4. The second kappa shape index (κ2) is 5.87. The minimum Gasteiger partial charge on any atom is -0.326 e. The fraction of sp³-hybridized carbons (Fsp3) is 0.167. The molecule has 2 rings (SSSR count). The van der Waals surface area contributed by atoms with E-state index in [4.69, 9.17) is 5.73 Å². The molecule has 1 aromatic carbocycles. The Balaban J connectivity index is 1.99. The molecule has 16 heavy (non-hydrogen) atoms. The smallest absolute Gasteiger partial charge is 0.0701 e. The first-order chi connectivity index (χ1) is 7.78. The molecule has 0 spiro atoms. The Bertz CT molecular complexity index is 468. The largest absolute Gasteiger partial charge is 0.326 e. The van der Waals surface area contributed by atoms with Crippen LogP contribution in [0.25, 0.3) is 0 Å².